The summed E-state index contributed by atoms with van der Waals surface area (Å²) in [5.74, 6) is 0.593. The van der Waals surface area contributed by atoms with Crippen LogP contribution in [0.1, 0.15) is 24.0 Å². The second-order valence-corrected chi connectivity index (χ2v) is 6.76. The van der Waals surface area contributed by atoms with Crippen LogP contribution in [0.15, 0.2) is 54.6 Å². The highest BCUT2D eigenvalue weighted by Gasteiger charge is 2.23. The third-order valence-corrected chi connectivity index (χ3v) is 4.85. The van der Waals surface area contributed by atoms with Gasteiger partial charge in [-0.3, -0.25) is 10.2 Å². The van der Waals surface area contributed by atoms with Crippen LogP contribution in [0, 0.1) is 17.2 Å². The van der Waals surface area contributed by atoms with E-state index in [1.807, 2.05) is 12.1 Å². The molecule has 134 valence electrons. The lowest BCUT2D eigenvalue weighted by atomic mass is 9.91. The van der Waals surface area contributed by atoms with Crippen LogP contribution in [0.25, 0.3) is 0 Å². The Balaban J connectivity index is 1.49. The fourth-order valence-corrected chi connectivity index (χ4v) is 3.31. The molecule has 1 aliphatic rings. The monoisotopic (exact) mass is 348 g/mol. The normalized spacial score (nSPS) is 19.4. The second-order valence-electron chi connectivity index (χ2n) is 6.76. The summed E-state index contributed by atoms with van der Waals surface area (Å²) < 4.78 is 0. The molecule has 1 heterocycles. The Morgan fingerprint density at radius 1 is 1.23 bits per heavy atom. The molecule has 5 nitrogen and oxygen atoms in total. The molecule has 2 N–H and O–H groups in total. The van der Waals surface area contributed by atoms with Gasteiger partial charge in [0, 0.05) is 19.3 Å². The average molecular weight is 348 g/mol. The molecule has 1 saturated heterocycles. The molecule has 3 rings (SSSR count). The first-order valence-electron chi connectivity index (χ1n) is 8.97. The fourth-order valence-electron chi connectivity index (χ4n) is 3.31. The quantitative estimate of drug-likeness (QED) is 0.891. The Morgan fingerprint density at radius 2 is 2.04 bits per heavy atom. The summed E-state index contributed by atoms with van der Waals surface area (Å²) in [5, 5.41) is 15.5. The molecule has 2 atom stereocenters. The Kier molecular flexibility index (Phi) is 5.88. The minimum absolute atomic E-state index is 0.0175. The first-order valence-corrected chi connectivity index (χ1v) is 8.97. The van der Waals surface area contributed by atoms with E-state index in [0.29, 0.717) is 17.2 Å². The lowest BCUT2D eigenvalue weighted by Gasteiger charge is -2.31. The number of nitrogens with one attached hydrogen (secondary N) is 2. The van der Waals surface area contributed by atoms with Crippen molar-refractivity contribution in [1.82, 2.24) is 10.6 Å². The summed E-state index contributed by atoms with van der Waals surface area (Å²) in [6.45, 7) is 0.896. The van der Waals surface area contributed by atoms with E-state index in [4.69, 9.17) is 5.26 Å². The minimum Gasteiger partial charge on any atom is -0.322 e. The SMILES string of the molecule is CN(C(=O)N[C@@H]1CC[C@@H](Cc2ccccc2)CN1)c1cccc(C#N)c1. The summed E-state index contributed by atoms with van der Waals surface area (Å²) in [6.07, 6.45) is 3.04. The number of carbonyl (C=O) groups excluding carboxylic acids is 1. The zero-order valence-corrected chi connectivity index (χ0v) is 15.0. The first kappa shape index (κ1) is 18.0. The van der Waals surface area contributed by atoms with Gasteiger partial charge in [0.25, 0.3) is 0 Å². The minimum atomic E-state index is -0.168. The molecule has 26 heavy (non-hydrogen) atoms. The molecular formula is C21H24N4O. The Morgan fingerprint density at radius 3 is 2.73 bits per heavy atom. The van der Waals surface area contributed by atoms with Crippen molar-refractivity contribution in [2.45, 2.75) is 25.4 Å². The van der Waals surface area contributed by atoms with Crippen LogP contribution in [0.4, 0.5) is 10.5 Å². The highest BCUT2D eigenvalue weighted by atomic mass is 16.2. The molecule has 2 aromatic carbocycles. The van der Waals surface area contributed by atoms with Crippen LogP contribution in [0.3, 0.4) is 0 Å². The molecule has 0 aromatic heterocycles. The zero-order chi connectivity index (χ0) is 18.4. The predicted molar refractivity (Wildman–Crippen MR) is 103 cm³/mol. The molecule has 0 aliphatic carbocycles. The van der Waals surface area contributed by atoms with Crippen molar-refractivity contribution in [1.29, 1.82) is 5.26 Å². The fraction of sp³-hybridized carbons (Fsp3) is 0.333. The number of hydrogen-bond acceptors (Lipinski definition) is 3. The summed E-state index contributed by atoms with van der Waals surface area (Å²) in [4.78, 5) is 14.0. The second kappa shape index (κ2) is 8.50. The van der Waals surface area contributed by atoms with E-state index >= 15 is 0 Å². The van der Waals surface area contributed by atoms with Crippen molar-refractivity contribution in [3.05, 3.63) is 65.7 Å². The smallest absolute Gasteiger partial charge is 0.322 e. The predicted octanol–water partition coefficient (Wildman–Crippen LogP) is 3.27. The van der Waals surface area contributed by atoms with Gasteiger partial charge in [-0.05, 0) is 48.9 Å². The van der Waals surface area contributed by atoms with Crippen molar-refractivity contribution >= 4 is 11.7 Å². The van der Waals surface area contributed by atoms with Crippen molar-refractivity contribution < 1.29 is 4.79 Å². The molecule has 0 spiro atoms. The van der Waals surface area contributed by atoms with Gasteiger partial charge in [-0.15, -0.1) is 0 Å². The lowest BCUT2D eigenvalue weighted by Crippen LogP contribution is -2.53. The average Bonchev–Trinajstić information content (AvgIpc) is 2.69. The first-order chi connectivity index (χ1) is 12.7. The molecule has 2 amide bonds. The summed E-state index contributed by atoms with van der Waals surface area (Å²) in [7, 11) is 1.72. The van der Waals surface area contributed by atoms with Gasteiger partial charge in [0.2, 0.25) is 0 Å². The topological polar surface area (TPSA) is 68.2 Å². The number of carbonyl (C=O) groups is 1. The maximum Gasteiger partial charge on any atom is 0.322 e. The number of nitriles is 1. The van der Waals surface area contributed by atoms with E-state index < -0.39 is 0 Å². The molecule has 0 bridgehead atoms. The Labute approximate surface area is 154 Å². The number of anilines is 1. The van der Waals surface area contributed by atoms with Crippen LogP contribution in [0.2, 0.25) is 0 Å². The van der Waals surface area contributed by atoms with E-state index in [2.05, 4.69) is 41.0 Å². The maximum atomic E-state index is 12.5. The standard InChI is InChI=1S/C21H24N4O/c1-25(19-9-5-8-17(13-19)14-22)21(26)24-20-11-10-18(15-23-20)12-16-6-3-2-4-7-16/h2-9,13,18,20,23H,10-12,15H2,1H3,(H,24,26)/t18-,20+/m0/s1. The molecule has 0 radical (unpaired) electrons. The maximum absolute atomic E-state index is 12.5. The van der Waals surface area contributed by atoms with Crippen LogP contribution in [-0.2, 0) is 6.42 Å². The van der Waals surface area contributed by atoms with Crippen molar-refractivity contribution in [3.8, 4) is 6.07 Å². The number of rotatable bonds is 4. The van der Waals surface area contributed by atoms with E-state index in [9.17, 15) is 4.79 Å². The Bertz CT molecular complexity index is 776. The number of hydrogen-bond donors (Lipinski definition) is 2. The van der Waals surface area contributed by atoms with Crippen molar-refractivity contribution in [2.24, 2.45) is 5.92 Å². The number of piperidine rings is 1. The van der Waals surface area contributed by atoms with Gasteiger partial charge < -0.3 is 5.32 Å². The summed E-state index contributed by atoms with van der Waals surface area (Å²) >= 11 is 0. The van der Waals surface area contributed by atoms with E-state index in [1.54, 1.807) is 30.1 Å². The third kappa shape index (κ3) is 4.62. The lowest BCUT2D eigenvalue weighted by molar-refractivity contribution is 0.228. The van der Waals surface area contributed by atoms with E-state index in [1.165, 1.54) is 5.56 Å². The van der Waals surface area contributed by atoms with Gasteiger partial charge in [-0.25, -0.2) is 4.79 Å². The number of benzene rings is 2. The van der Waals surface area contributed by atoms with Crippen LogP contribution < -0.4 is 15.5 Å². The highest BCUT2D eigenvalue weighted by Crippen LogP contribution is 2.19. The zero-order valence-electron chi connectivity index (χ0n) is 15.0. The highest BCUT2D eigenvalue weighted by molar-refractivity contribution is 5.91. The molecule has 5 heteroatoms. The molecule has 0 saturated carbocycles. The number of amides is 2. The molecular weight excluding hydrogens is 324 g/mol. The molecule has 0 unspecified atom stereocenters. The summed E-state index contributed by atoms with van der Waals surface area (Å²) in [5.41, 5.74) is 2.61. The van der Waals surface area contributed by atoms with Gasteiger partial charge in [0.05, 0.1) is 17.8 Å². The van der Waals surface area contributed by atoms with Gasteiger partial charge in [0.1, 0.15) is 0 Å². The van der Waals surface area contributed by atoms with Crippen molar-refractivity contribution in [3.63, 3.8) is 0 Å². The molecule has 1 fully saturated rings. The third-order valence-electron chi connectivity index (χ3n) is 4.85. The van der Waals surface area contributed by atoms with Crippen LogP contribution in [0.5, 0.6) is 0 Å². The molecule has 1 aliphatic heterocycles. The molecule has 2 aromatic rings. The Hall–Kier alpha value is -2.84. The van der Waals surface area contributed by atoms with Crippen LogP contribution in [-0.4, -0.2) is 25.8 Å². The number of nitrogens with zero attached hydrogens (tertiary/aromatic N) is 2. The van der Waals surface area contributed by atoms with Crippen LogP contribution >= 0.6 is 0 Å². The van der Waals surface area contributed by atoms with Gasteiger partial charge in [0.15, 0.2) is 0 Å². The van der Waals surface area contributed by atoms with E-state index in [0.717, 1.165) is 25.8 Å². The number of urea groups is 1. The van der Waals surface area contributed by atoms with Gasteiger partial charge >= 0.3 is 6.03 Å². The summed E-state index contributed by atoms with van der Waals surface area (Å²) in [6, 6.07) is 19.5. The van der Waals surface area contributed by atoms with Gasteiger partial charge in [-0.1, -0.05) is 36.4 Å². The van der Waals surface area contributed by atoms with Crippen molar-refractivity contribution in [2.75, 3.05) is 18.5 Å². The van der Waals surface area contributed by atoms with E-state index in [-0.39, 0.29) is 12.2 Å². The van der Waals surface area contributed by atoms with Gasteiger partial charge in [-0.2, -0.15) is 5.26 Å². The largest absolute Gasteiger partial charge is 0.322 e.